The summed E-state index contributed by atoms with van der Waals surface area (Å²) in [4.78, 5) is 33.0. The second kappa shape index (κ2) is 9.31. The van der Waals surface area contributed by atoms with Gasteiger partial charge in [-0.15, -0.1) is 11.3 Å². The van der Waals surface area contributed by atoms with Gasteiger partial charge >= 0.3 is 0 Å². The van der Waals surface area contributed by atoms with E-state index in [1.165, 1.54) is 16.6 Å². The first kappa shape index (κ1) is 22.7. The molecule has 10 heteroatoms. The van der Waals surface area contributed by atoms with E-state index >= 15 is 0 Å². The summed E-state index contributed by atoms with van der Waals surface area (Å²) in [5, 5.41) is 5.33. The molecular weight excluding hydrogens is 521 g/mol. The van der Waals surface area contributed by atoms with E-state index in [2.05, 4.69) is 5.32 Å². The maximum Gasteiger partial charge on any atom is 0.267 e. The average Bonchev–Trinajstić information content (AvgIpc) is 3.37. The standard InChI is InChI=1S/C23H16Cl3N3O2S2/c24-12-4-7-14(8-5-12)29-22(31)20-15-2-1-3-18(15)33-21(20)28-23(29)32-11-19(30)27-17-10-13(25)6-9-16(17)26/h4-10H,1-3,11H2,(H,27,30). The van der Waals surface area contributed by atoms with Crippen LogP contribution < -0.4 is 10.9 Å². The highest BCUT2D eigenvalue weighted by atomic mass is 35.5. The number of fused-ring (bicyclic) bond motifs is 3. The number of carbonyl (C=O) groups excluding carboxylic acids is 1. The minimum Gasteiger partial charge on any atom is -0.324 e. The molecule has 1 N–H and O–H groups in total. The molecular formula is C23H16Cl3N3O2S2. The zero-order chi connectivity index (χ0) is 23.1. The van der Waals surface area contributed by atoms with Crippen LogP contribution in [0.25, 0.3) is 15.9 Å². The number of aryl methyl sites for hydroxylation is 2. The first-order valence-electron chi connectivity index (χ1n) is 10.1. The Kier molecular flexibility index (Phi) is 6.42. The number of thiophene rings is 1. The number of benzene rings is 2. The number of nitrogens with zero attached hydrogens (tertiary/aromatic N) is 2. The van der Waals surface area contributed by atoms with Crippen LogP contribution in [0.2, 0.25) is 15.1 Å². The Morgan fingerprint density at radius 1 is 1.09 bits per heavy atom. The van der Waals surface area contributed by atoms with Crippen molar-refractivity contribution in [1.82, 2.24) is 9.55 Å². The Hall–Kier alpha value is -2.03. The first-order chi connectivity index (χ1) is 15.9. The maximum absolute atomic E-state index is 13.6. The number of anilines is 1. The van der Waals surface area contributed by atoms with Crippen LogP contribution in [0.1, 0.15) is 16.9 Å². The molecule has 168 valence electrons. The van der Waals surface area contributed by atoms with Gasteiger partial charge in [-0.2, -0.15) is 0 Å². The molecule has 1 amide bonds. The van der Waals surface area contributed by atoms with Crippen molar-refractivity contribution in [1.29, 1.82) is 0 Å². The van der Waals surface area contributed by atoms with E-state index in [4.69, 9.17) is 39.8 Å². The summed E-state index contributed by atoms with van der Waals surface area (Å²) in [5.41, 5.74) is 2.07. The molecule has 2 heterocycles. The summed E-state index contributed by atoms with van der Waals surface area (Å²) in [6.45, 7) is 0. The molecule has 0 atom stereocenters. The van der Waals surface area contributed by atoms with E-state index in [1.54, 1.807) is 58.4 Å². The fourth-order valence-electron chi connectivity index (χ4n) is 3.85. The van der Waals surface area contributed by atoms with Crippen LogP contribution in [0, 0.1) is 0 Å². The normalized spacial score (nSPS) is 12.8. The van der Waals surface area contributed by atoms with Gasteiger partial charge in [0, 0.05) is 14.9 Å². The molecule has 1 aliphatic rings. The molecule has 2 aromatic heterocycles. The number of rotatable bonds is 5. The number of hydrogen-bond donors (Lipinski definition) is 1. The van der Waals surface area contributed by atoms with Crippen molar-refractivity contribution < 1.29 is 4.79 Å². The van der Waals surface area contributed by atoms with Gasteiger partial charge < -0.3 is 5.32 Å². The highest BCUT2D eigenvalue weighted by Gasteiger charge is 2.24. The van der Waals surface area contributed by atoms with Crippen LogP contribution >= 0.6 is 57.9 Å². The second-order valence-corrected chi connectivity index (χ2v) is 10.8. The minimum absolute atomic E-state index is 0.0411. The summed E-state index contributed by atoms with van der Waals surface area (Å²) in [5.74, 6) is -0.241. The van der Waals surface area contributed by atoms with Crippen molar-refractivity contribution in [3.05, 3.63) is 78.3 Å². The number of amides is 1. The Balaban J connectivity index is 1.51. The molecule has 0 saturated carbocycles. The lowest BCUT2D eigenvalue weighted by molar-refractivity contribution is -0.113. The maximum atomic E-state index is 13.6. The average molecular weight is 537 g/mol. The lowest BCUT2D eigenvalue weighted by atomic mass is 10.2. The van der Waals surface area contributed by atoms with Crippen LogP contribution in [-0.4, -0.2) is 21.2 Å². The number of nitrogens with one attached hydrogen (secondary N) is 1. The first-order valence-corrected chi connectivity index (χ1v) is 13.1. The molecule has 0 fully saturated rings. The van der Waals surface area contributed by atoms with Crippen LogP contribution in [0.15, 0.2) is 52.4 Å². The lowest BCUT2D eigenvalue weighted by Gasteiger charge is -2.13. The molecule has 0 unspecified atom stereocenters. The molecule has 1 aliphatic carbocycles. The third-order valence-electron chi connectivity index (χ3n) is 5.33. The van der Waals surface area contributed by atoms with E-state index in [-0.39, 0.29) is 17.2 Å². The van der Waals surface area contributed by atoms with Gasteiger partial charge in [0.25, 0.3) is 5.56 Å². The van der Waals surface area contributed by atoms with Crippen molar-refractivity contribution in [2.45, 2.75) is 24.4 Å². The third-order valence-corrected chi connectivity index (χ3v) is 8.27. The highest BCUT2D eigenvalue weighted by Crippen LogP contribution is 2.36. The Bertz CT molecular complexity index is 1450. The van der Waals surface area contributed by atoms with Crippen LogP contribution in [-0.2, 0) is 17.6 Å². The summed E-state index contributed by atoms with van der Waals surface area (Å²) >= 11 is 21.0. The zero-order valence-electron chi connectivity index (χ0n) is 17.0. The Morgan fingerprint density at radius 2 is 1.85 bits per heavy atom. The SMILES string of the molecule is O=C(CSc1nc2sc3c(c2c(=O)n1-c1ccc(Cl)cc1)CCC3)Nc1cc(Cl)ccc1Cl. The molecule has 0 bridgehead atoms. The fraction of sp³-hybridized carbons (Fsp3) is 0.174. The molecule has 5 rings (SSSR count). The zero-order valence-corrected chi connectivity index (χ0v) is 20.9. The van der Waals surface area contributed by atoms with Gasteiger partial charge in [0.2, 0.25) is 5.91 Å². The molecule has 0 spiro atoms. The van der Waals surface area contributed by atoms with Crippen LogP contribution in [0.3, 0.4) is 0 Å². The highest BCUT2D eigenvalue weighted by molar-refractivity contribution is 7.99. The van der Waals surface area contributed by atoms with E-state index in [9.17, 15) is 9.59 Å². The van der Waals surface area contributed by atoms with Gasteiger partial charge in [0.15, 0.2) is 5.16 Å². The minimum atomic E-state index is -0.283. The molecule has 0 radical (unpaired) electrons. The number of thioether (sulfide) groups is 1. The largest absolute Gasteiger partial charge is 0.324 e. The van der Waals surface area contributed by atoms with Crippen molar-refractivity contribution in [3.8, 4) is 5.69 Å². The molecule has 4 aromatic rings. The quantitative estimate of drug-likeness (QED) is 0.230. The smallest absolute Gasteiger partial charge is 0.267 e. The molecule has 0 saturated heterocycles. The van der Waals surface area contributed by atoms with Crippen molar-refractivity contribution >= 4 is 79.7 Å². The topological polar surface area (TPSA) is 64.0 Å². The summed E-state index contributed by atoms with van der Waals surface area (Å²) in [7, 11) is 0. The predicted octanol–water partition coefficient (Wildman–Crippen LogP) is 6.63. The van der Waals surface area contributed by atoms with Gasteiger partial charge in [-0.1, -0.05) is 46.6 Å². The fourth-order valence-corrected chi connectivity index (χ4v) is 6.43. The summed E-state index contributed by atoms with van der Waals surface area (Å²) in [6.07, 6.45) is 2.92. The number of halogens is 3. The number of carbonyl (C=O) groups is 1. The summed E-state index contributed by atoms with van der Waals surface area (Å²) in [6, 6.07) is 11.9. The van der Waals surface area contributed by atoms with E-state index in [0.29, 0.717) is 37.0 Å². The molecule has 0 aliphatic heterocycles. The molecule has 2 aromatic carbocycles. The predicted molar refractivity (Wildman–Crippen MR) is 138 cm³/mol. The van der Waals surface area contributed by atoms with Crippen molar-refractivity contribution in [2.75, 3.05) is 11.1 Å². The van der Waals surface area contributed by atoms with E-state index in [0.717, 1.165) is 29.7 Å². The van der Waals surface area contributed by atoms with Gasteiger partial charge in [0.1, 0.15) is 4.83 Å². The Labute approximate surface area is 212 Å². The number of hydrogen-bond acceptors (Lipinski definition) is 5. The van der Waals surface area contributed by atoms with Crippen LogP contribution in [0.5, 0.6) is 0 Å². The van der Waals surface area contributed by atoms with Crippen molar-refractivity contribution in [2.24, 2.45) is 0 Å². The van der Waals surface area contributed by atoms with Gasteiger partial charge in [-0.3, -0.25) is 14.2 Å². The number of aromatic nitrogens is 2. The molecule has 5 nitrogen and oxygen atoms in total. The summed E-state index contributed by atoms with van der Waals surface area (Å²) < 4.78 is 1.56. The van der Waals surface area contributed by atoms with Crippen LogP contribution in [0.4, 0.5) is 5.69 Å². The van der Waals surface area contributed by atoms with Gasteiger partial charge in [-0.25, -0.2) is 4.98 Å². The second-order valence-electron chi connectivity index (χ2n) is 7.51. The van der Waals surface area contributed by atoms with E-state index in [1.807, 2.05) is 0 Å². The Morgan fingerprint density at radius 3 is 2.64 bits per heavy atom. The van der Waals surface area contributed by atoms with E-state index < -0.39 is 0 Å². The monoisotopic (exact) mass is 535 g/mol. The lowest BCUT2D eigenvalue weighted by Crippen LogP contribution is -2.23. The van der Waals surface area contributed by atoms with Crippen molar-refractivity contribution in [3.63, 3.8) is 0 Å². The van der Waals surface area contributed by atoms with Gasteiger partial charge in [0.05, 0.1) is 27.5 Å². The molecule has 33 heavy (non-hydrogen) atoms. The van der Waals surface area contributed by atoms with Gasteiger partial charge in [-0.05, 0) is 67.3 Å². The third kappa shape index (κ3) is 4.53.